The molecular formula is C15H18F4N2. The van der Waals surface area contributed by atoms with E-state index in [1.54, 1.807) is 0 Å². The van der Waals surface area contributed by atoms with Crippen LogP contribution in [0.2, 0.25) is 0 Å². The van der Waals surface area contributed by atoms with Crippen LogP contribution in [0.5, 0.6) is 0 Å². The molecule has 2 saturated carbocycles. The van der Waals surface area contributed by atoms with Gasteiger partial charge < -0.3 is 0 Å². The van der Waals surface area contributed by atoms with Crippen LogP contribution in [-0.4, -0.2) is 0 Å². The molecule has 2 bridgehead atoms. The quantitative estimate of drug-likeness (QED) is 0.506. The molecule has 3 rings (SSSR count). The Labute approximate surface area is 120 Å². The van der Waals surface area contributed by atoms with Gasteiger partial charge in [0.15, 0.2) is 0 Å². The number of hydrogen-bond donors (Lipinski definition) is 2. The van der Waals surface area contributed by atoms with Gasteiger partial charge in [-0.1, -0.05) is 12.5 Å². The van der Waals surface area contributed by atoms with Gasteiger partial charge in [0, 0.05) is 6.04 Å². The summed E-state index contributed by atoms with van der Waals surface area (Å²) in [7, 11) is 0. The fourth-order valence-electron chi connectivity index (χ4n) is 4.12. The van der Waals surface area contributed by atoms with Gasteiger partial charge in [0.2, 0.25) is 0 Å². The van der Waals surface area contributed by atoms with Gasteiger partial charge in [0.25, 0.3) is 0 Å². The highest BCUT2D eigenvalue weighted by Gasteiger charge is 2.44. The molecule has 2 aliphatic carbocycles. The van der Waals surface area contributed by atoms with Crippen LogP contribution >= 0.6 is 0 Å². The van der Waals surface area contributed by atoms with Crippen molar-refractivity contribution in [1.29, 1.82) is 0 Å². The monoisotopic (exact) mass is 302 g/mol. The zero-order valence-electron chi connectivity index (χ0n) is 11.5. The molecule has 3 N–H and O–H groups in total. The molecule has 2 fully saturated rings. The number of nitrogens with one attached hydrogen (secondary N) is 1. The number of hydrogen-bond acceptors (Lipinski definition) is 2. The minimum absolute atomic E-state index is 0.236. The second kappa shape index (κ2) is 5.25. The fraction of sp³-hybridized carbons (Fsp3) is 0.600. The maximum absolute atomic E-state index is 13.4. The van der Waals surface area contributed by atoms with Crippen molar-refractivity contribution in [2.75, 3.05) is 0 Å². The van der Waals surface area contributed by atoms with Crippen LogP contribution in [0.3, 0.4) is 0 Å². The van der Waals surface area contributed by atoms with Crippen LogP contribution in [0, 0.1) is 23.6 Å². The van der Waals surface area contributed by atoms with Crippen LogP contribution < -0.4 is 11.3 Å². The van der Waals surface area contributed by atoms with Crippen molar-refractivity contribution >= 4 is 0 Å². The van der Waals surface area contributed by atoms with Crippen LogP contribution in [0.1, 0.15) is 42.9 Å². The Balaban J connectivity index is 1.91. The summed E-state index contributed by atoms with van der Waals surface area (Å²) in [6, 6.07) is 2.84. The lowest BCUT2D eigenvalue weighted by molar-refractivity contribution is -0.140. The lowest BCUT2D eigenvalue weighted by atomic mass is 9.80. The van der Waals surface area contributed by atoms with Crippen molar-refractivity contribution in [3.8, 4) is 0 Å². The van der Waals surface area contributed by atoms with Gasteiger partial charge in [-0.3, -0.25) is 11.3 Å². The summed E-state index contributed by atoms with van der Waals surface area (Å²) in [5.41, 5.74) is 1.85. The summed E-state index contributed by atoms with van der Waals surface area (Å²) < 4.78 is 51.9. The van der Waals surface area contributed by atoms with Gasteiger partial charge >= 0.3 is 6.18 Å². The molecule has 6 heteroatoms. The zero-order valence-corrected chi connectivity index (χ0v) is 11.5. The highest BCUT2D eigenvalue weighted by atomic mass is 19.4. The fourth-order valence-corrected chi connectivity index (χ4v) is 4.12. The predicted molar refractivity (Wildman–Crippen MR) is 70.4 cm³/mol. The third-order valence-corrected chi connectivity index (χ3v) is 5.06. The minimum Gasteiger partial charge on any atom is -0.271 e. The first-order valence-electron chi connectivity index (χ1n) is 7.23. The Hall–Kier alpha value is -1.14. The first-order chi connectivity index (χ1) is 9.90. The van der Waals surface area contributed by atoms with E-state index in [1.165, 1.54) is 12.5 Å². The smallest absolute Gasteiger partial charge is 0.271 e. The minimum atomic E-state index is -4.69. The average molecular weight is 302 g/mol. The second-order valence-corrected chi connectivity index (χ2v) is 6.22. The van der Waals surface area contributed by atoms with Crippen molar-refractivity contribution in [1.82, 2.24) is 5.43 Å². The van der Waals surface area contributed by atoms with Crippen LogP contribution in [0.25, 0.3) is 0 Å². The van der Waals surface area contributed by atoms with E-state index in [0.717, 1.165) is 31.4 Å². The second-order valence-electron chi connectivity index (χ2n) is 6.22. The average Bonchev–Trinajstić information content (AvgIpc) is 3.03. The summed E-state index contributed by atoms with van der Waals surface area (Å²) in [5, 5.41) is 0. The largest absolute Gasteiger partial charge is 0.419 e. The number of halogens is 4. The number of fused-ring (bicyclic) bond motifs is 2. The Bertz CT molecular complexity index is 529. The molecule has 4 atom stereocenters. The number of benzene rings is 1. The Morgan fingerprint density at radius 2 is 1.95 bits per heavy atom. The van der Waals surface area contributed by atoms with Crippen LogP contribution in [0.4, 0.5) is 17.6 Å². The number of hydrazine groups is 1. The van der Waals surface area contributed by atoms with Gasteiger partial charge in [-0.25, -0.2) is 4.39 Å². The van der Waals surface area contributed by atoms with Gasteiger partial charge in [0.1, 0.15) is 5.82 Å². The molecule has 2 nitrogen and oxygen atoms in total. The number of alkyl halides is 3. The first kappa shape index (κ1) is 14.8. The first-order valence-corrected chi connectivity index (χ1v) is 7.23. The summed E-state index contributed by atoms with van der Waals surface area (Å²) in [5.74, 6) is 5.76. The van der Waals surface area contributed by atoms with Gasteiger partial charge in [0.05, 0.1) is 5.56 Å². The standard InChI is InChI=1S/C15H18F4N2/c16-13-4-3-10(7-12(13)15(17,18)19)14(21-20)11-6-8-1-2-9(11)5-8/h3-4,7-9,11,14,21H,1-2,5-6,20H2. The predicted octanol–water partition coefficient (Wildman–Crippen LogP) is 3.79. The molecular weight excluding hydrogens is 284 g/mol. The molecule has 0 saturated heterocycles. The lowest BCUT2D eigenvalue weighted by Gasteiger charge is -2.30. The van der Waals surface area contributed by atoms with E-state index in [0.29, 0.717) is 17.4 Å². The lowest BCUT2D eigenvalue weighted by Crippen LogP contribution is -2.36. The number of rotatable bonds is 3. The highest BCUT2D eigenvalue weighted by Crippen LogP contribution is 2.52. The molecule has 21 heavy (non-hydrogen) atoms. The zero-order chi connectivity index (χ0) is 15.2. The van der Waals surface area contributed by atoms with Crippen molar-refractivity contribution < 1.29 is 17.6 Å². The summed E-state index contributed by atoms with van der Waals surface area (Å²) >= 11 is 0. The molecule has 1 aromatic rings. The Morgan fingerprint density at radius 3 is 2.48 bits per heavy atom. The van der Waals surface area contributed by atoms with E-state index in [4.69, 9.17) is 5.84 Å². The molecule has 2 aliphatic rings. The topological polar surface area (TPSA) is 38.0 Å². The van der Waals surface area contributed by atoms with Crippen molar-refractivity contribution in [2.45, 2.75) is 37.9 Å². The van der Waals surface area contributed by atoms with E-state index in [2.05, 4.69) is 5.43 Å². The molecule has 0 heterocycles. The number of nitrogens with two attached hydrogens (primary N) is 1. The van der Waals surface area contributed by atoms with Gasteiger partial charge in [-0.05, 0) is 54.7 Å². The van der Waals surface area contributed by atoms with Gasteiger partial charge in [-0.2, -0.15) is 13.2 Å². The normalized spacial score (nSPS) is 29.9. The molecule has 116 valence electrons. The molecule has 0 aromatic heterocycles. The third kappa shape index (κ3) is 2.66. The summed E-state index contributed by atoms with van der Waals surface area (Å²) in [4.78, 5) is 0. The van der Waals surface area contributed by atoms with Gasteiger partial charge in [-0.15, -0.1) is 0 Å². The molecule has 0 amide bonds. The van der Waals surface area contributed by atoms with E-state index in [1.807, 2.05) is 0 Å². The summed E-state index contributed by atoms with van der Waals surface area (Å²) in [6.07, 6.45) is -0.251. The maximum atomic E-state index is 13.4. The van der Waals surface area contributed by atoms with Crippen molar-refractivity contribution in [3.63, 3.8) is 0 Å². The maximum Gasteiger partial charge on any atom is 0.419 e. The molecule has 4 unspecified atom stereocenters. The molecule has 0 aliphatic heterocycles. The summed E-state index contributed by atoms with van der Waals surface area (Å²) in [6.45, 7) is 0. The Kier molecular flexibility index (Phi) is 3.69. The molecule has 0 radical (unpaired) electrons. The van der Waals surface area contributed by atoms with Crippen molar-refractivity contribution in [2.24, 2.45) is 23.6 Å². The SMILES string of the molecule is NNC(c1ccc(F)c(C(F)(F)F)c1)C1CC2CCC1C2. The van der Waals surface area contributed by atoms with E-state index in [-0.39, 0.29) is 12.0 Å². The molecule has 1 aromatic carbocycles. The highest BCUT2D eigenvalue weighted by molar-refractivity contribution is 5.30. The van der Waals surface area contributed by atoms with E-state index in [9.17, 15) is 17.6 Å². The van der Waals surface area contributed by atoms with E-state index < -0.39 is 17.6 Å². The van der Waals surface area contributed by atoms with E-state index >= 15 is 0 Å². The van der Waals surface area contributed by atoms with Crippen LogP contribution in [-0.2, 0) is 6.18 Å². The Morgan fingerprint density at radius 1 is 1.19 bits per heavy atom. The van der Waals surface area contributed by atoms with Crippen molar-refractivity contribution in [3.05, 3.63) is 35.1 Å². The molecule has 0 spiro atoms. The van der Waals surface area contributed by atoms with Crippen LogP contribution in [0.15, 0.2) is 18.2 Å². The third-order valence-electron chi connectivity index (χ3n) is 5.06.